The standard InChI is InChI=1S/C12H12N4O3/c1-7-11(15-19)12(18)16(14-7)10-5-3-9(4-6-10)13-8(2)17/h3-6,11H,1-2H3,(H,13,17)/t11-/m1/s1. The van der Waals surface area contributed by atoms with Crippen molar-refractivity contribution in [3.05, 3.63) is 29.2 Å². The van der Waals surface area contributed by atoms with Crippen molar-refractivity contribution in [1.29, 1.82) is 0 Å². The van der Waals surface area contributed by atoms with E-state index in [0.717, 1.165) is 5.01 Å². The van der Waals surface area contributed by atoms with Crippen molar-refractivity contribution in [3.63, 3.8) is 0 Å². The molecule has 2 rings (SSSR count). The number of nitrogens with zero attached hydrogens (tertiary/aromatic N) is 3. The van der Waals surface area contributed by atoms with E-state index in [2.05, 4.69) is 15.6 Å². The van der Waals surface area contributed by atoms with Gasteiger partial charge in [0, 0.05) is 12.6 Å². The summed E-state index contributed by atoms with van der Waals surface area (Å²) in [5.74, 6) is -0.649. The normalized spacial score (nSPS) is 18.2. The van der Waals surface area contributed by atoms with Crippen LogP contribution in [0.4, 0.5) is 11.4 Å². The van der Waals surface area contributed by atoms with Gasteiger partial charge in [0.2, 0.25) is 11.9 Å². The number of carbonyl (C=O) groups is 2. The molecule has 7 nitrogen and oxygen atoms in total. The third-order valence-corrected chi connectivity index (χ3v) is 2.63. The third-order valence-electron chi connectivity index (χ3n) is 2.63. The van der Waals surface area contributed by atoms with Crippen molar-refractivity contribution in [2.24, 2.45) is 10.3 Å². The summed E-state index contributed by atoms with van der Waals surface area (Å²) in [6.07, 6.45) is 0. The molecule has 0 spiro atoms. The Kier molecular flexibility index (Phi) is 3.37. The minimum Gasteiger partial charge on any atom is -0.326 e. The fourth-order valence-corrected chi connectivity index (χ4v) is 1.75. The molecule has 0 fully saturated rings. The van der Waals surface area contributed by atoms with Crippen molar-refractivity contribution < 1.29 is 9.59 Å². The quantitative estimate of drug-likeness (QED) is 0.835. The van der Waals surface area contributed by atoms with Gasteiger partial charge in [0.1, 0.15) is 0 Å². The number of hydrogen-bond donors (Lipinski definition) is 1. The third kappa shape index (κ3) is 2.49. The average Bonchev–Trinajstić information content (AvgIpc) is 2.64. The lowest BCUT2D eigenvalue weighted by atomic mass is 10.2. The Bertz CT molecular complexity index is 565. The van der Waals surface area contributed by atoms with Crippen LogP contribution in [0.1, 0.15) is 13.8 Å². The molecule has 0 saturated heterocycles. The SMILES string of the molecule is CC(=O)Nc1ccc(N2N=C(C)[C@@H](N=O)C2=O)cc1. The number of amides is 2. The maximum absolute atomic E-state index is 11.9. The van der Waals surface area contributed by atoms with Crippen LogP contribution in [0.25, 0.3) is 0 Å². The molecule has 1 aromatic carbocycles. The average molecular weight is 260 g/mol. The van der Waals surface area contributed by atoms with E-state index in [4.69, 9.17) is 0 Å². The highest BCUT2D eigenvalue weighted by Crippen LogP contribution is 2.23. The molecule has 0 unspecified atom stereocenters. The summed E-state index contributed by atoms with van der Waals surface area (Å²) in [5, 5.41) is 10.5. The molecular weight excluding hydrogens is 248 g/mol. The smallest absolute Gasteiger partial charge is 0.281 e. The van der Waals surface area contributed by atoms with Crippen molar-refractivity contribution in [2.75, 3.05) is 10.3 Å². The van der Waals surface area contributed by atoms with Gasteiger partial charge in [-0.3, -0.25) is 9.59 Å². The van der Waals surface area contributed by atoms with Gasteiger partial charge >= 0.3 is 0 Å². The van der Waals surface area contributed by atoms with Gasteiger partial charge in [-0.25, -0.2) is 0 Å². The summed E-state index contributed by atoms with van der Waals surface area (Å²) in [5.41, 5.74) is 1.50. The molecule has 0 aliphatic carbocycles. The van der Waals surface area contributed by atoms with Gasteiger partial charge in [-0.2, -0.15) is 10.1 Å². The van der Waals surface area contributed by atoms with Crippen LogP contribution < -0.4 is 10.3 Å². The second-order valence-corrected chi connectivity index (χ2v) is 4.13. The molecule has 1 atom stereocenters. The minimum atomic E-state index is -1.05. The molecule has 1 aliphatic rings. The predicted octanol–water partition coefficient (Wildman–Crippen LogP) is 1.50. The van der Waals surface area contributed by atoms with Crippen LogP contribution in [0.5, 0.6) is 0 Å². The highest BCUT2D eigenvalue weighted by molar-refractivity contribution is 6.18. The molecule has 2 amide bonds. The van der Waals surface area contributed by atoms with Crippen LogP contribution >= 0.6 is 0 Å². The molecule has 0 saturated carbocycles. The topological polar surface area (TPSA) is 91.2 Å². The first kappa shape index (κ1) is 12.9. The van der Waals surface area contributed by atoms with Crippen LogP contribution in [-0.2, 0) is 9.59 Å². The number of nitroso groups, excluding NO2 is 1. The van der Waals surface area contributed by atoms with E-state index in [9.17, 15) is 14.5 Å². The largest absolute Gasteiger partial charge is 0.326 e. The van der Waals surface area contributed by atoms with Gasteiger partial charge in [0.15, 0.2) is 0 Å². The first-order valence-corrected chi connectivity index (χ1v) is 5.62. The van der Waals surface area contributed by atoms with Gasteiger partial charge in [-0.1, -0.05) is 5.18 Å². The molecule has 1 aromatic rings. The fraction of sp³-hybridized carbons (Fsp3) is 0.250. The van der Waals surface area contributed by atoms with Crippen LogP contribution in [-0.4, -0.2) is 23.6 Å². The Balaban J connectivity index is 2.22. The highest BCUT2D eigenvalue weighted by atomic mass is 16.3. The lowest BCUT2D eigenvalue weighted by molar-refractivity contribution is -0.118. The summed E-state index contributed by atoms with van der Waals surface area (Å²) in [7, 11) is 0. The Morgan fingerprint density at radius 2 is 2.00 bits per heavy atom. The Morgan fingerprint density at radius 1 is 1.37 bits per heavy atom. The van der Waals surface area contributed by atoms with Gasteiger partial charge in [0.05, 0.1) is 11.4 Å². The van der Waals surface area contributed by atoms with Crippen LogP contribution in [0.15, 0.2) is 34.5 Å². The zero-order chi connectivity index (χ0) is 14.0. The minimum absolute atomic E-state index is 0.177. The highest BCUT2D eigenvalue weighted by Gasteiger charge is 2.35. The predicted molar refractivity (Wildman–Crippen MR) is 70.9 cm³/mol. The van der Waals surface area contributed by atoms with E-state index in [-0.39, 0.29) is 5.91 Å². The molecule has 1 heterocycles. The number of carbonyl (C=O) groups excluding carboxylic acids is 2. The lowest BCUT2D eigenvalue weighted by Gasteiger charge is -2.12. The van der Waals surface area contributed by atoms with E-state index in [1.165, 1.54) is 6.92 Å². The van der Waals surface area contributed by atoms with E-state index in [1.807, 2.05) is 0 Å². The number of benzene rings is 1. The Labute approximate surface area is 109 Å². The van der Waals surface area contributed by atoms with E-state index >= 15 is 0 Å². The van der Waals surface area contributed by atoms with Gasteiger partial charge in [-0.15, -0.1) is 4.91 Å². The number of anilines is 2. The van der Waals surface area contributed by atoms with Crippen molar-refractivity contribution >= 4 is 28.9 Å². The molecular formula is C12H12N4O3. The summed E-state index contributed by atoms with van der Waals surface area (Å²) in [6.45, 7) is 2.99. The molecule has 19 heavy (non-hydrogen) atoms. The summed E-state index contributed by atoms with van der Waals surface area (Å²) >= 11 is 0. The molecule has 98 valence electrons. The summed E-state index contributed by atoms with van der Waals surface area (Å²) in [6, 6.07) is 5.52. The van der Waals surface area contributed by atoms with E-state index in [0.29, 0.717) is 17.1 Å². The maximum atomic E-state index is 11.9. The molecule has 1 N–H and O–H groups in total. The number of rotatable bonds is 3. The first-order valence-electron chi connectivity index (χ1n) is 5.62. The van der Waals surface area contributed by atoms with Crippen molar-refractivity contribution in [3.8, 4) is 0 Å². The van der Waals surface area contributed by atoms with Crippen LogP contribution in [0, 0.1) is 4.91 Å². The lowest BCUT2D eigenvalue weighted by Crippen LogP contribution is -2.29. The maximum Gasteiger partial charge on any atom is 0.281 e. The number of nitrogens with one attached hydrogen (secondary N) is 1. The van der Waals surface area contributed by atoms with Crippen molar-refractivity contribution in [2.45, 2.75) is 19.9 Å². The molecule has 0 bridgehead atoms. The van der Waals surface area contributed by atoms with Crippen LogP contribution in [0.2, 0.25) is 0 Å². The monoisotopic (exact) mass is 260 g/mol. The number of hydrazone groups is 1. The first-order chi connectivity index (χ1) is 9.02. The number of hydrogen-bond acceptors (Lipinski definition) is 5. The zero-order valence-corrected chi connectivity index (χ0v) is 10.5. The second-order valence-electron chi connectivity index (χ2n) is 4.13. The van der Waals surface area contributed by atoms with Gasteiger partial charge in [-0.05, 0) is 31.2 Å². The van der Waals surface area contributed by atoms with E-state index in [1.54, 1.807) is 31.2 Å². The Morgan fingerprint density at radius 3 is 2.47 bits per heavy atom. The molecule has 1 aliphatic heterocycles. The summed E-state index contributed by atoms with van der Waals surface area (Å²) < 4.78 is 0. The van der Waals surface area contributed by atoms with E-state index < -0.39 is 11.9 Å². The molecule has 7 heteroatoms. The summed E-state index contributed by atoms with van der Waals surface area (Å²) in [4.78, 5) is 33.3. The second kappa shape index (κ2) is 4.97. The van der Waals surface area contributed by atoms with Crippen molar-refractivity contribution in [1.82, 2.24) is 0 Å². The molecule has 0 radical (unpaired) electrons. The fourth-order valence-electron chi connectivity index (χ4n) is 1.75. The Hall–Kier alpha value is -2.57. The van der Waals surface area contributed by atoms with Gasteiger partial charge in [0.25, 0.3) is 5.91 Å². The van der Waals surface area contributed by atoms with Crippen LogP contribution in [0.3, 0.4) is 0 Å². The zero-order valence-electron chi connectivity index (χ0n) is 10.5. The molecule has 0 aromatic heterocycles. The van der Waals surface area contributed by atoms with Gasteiger partial charge < -0.3 is 5.32 Å².